The topological polar surface area (TPSA) is 113 Å². The number of rotatable bonds is 7. The van der Waals surface area contributed by atoms with E-state index >= 15 is 0 Å². The standard InChI is InChI=1S/C16H18N2O6/c1-9-3-4-10-11(7-9)15(21)18(14(10)20)8-13(19)17-12(16(22)23)5-6-24-2/h3-4,7,12H,5-6,8H2,1-2H3,(H,17,19)(H,22,23). The summed E-state index contributed by atoms with van der Waals surface area (Å²) in [5.41, 5.74) is 1.32. The van der Waals surface area contributed by atoms with Crippen LogP contribution in [-0.4, -0.2) is 60.0 Å². The number of amides is 3. The van der Waals surface area contributed by atoms with Gasteiger partial charge in [-0.05, 0) is 19.1 Å². The number of carboxylic acid groups (broad SMARTS) is 1. The number of carboxylic acids is 1. The molecule has 0 radical (unpaired) electrons. The molecule has 0 fully saturated rings. The minimum Gasteiger partial charge on any atom is -0.480 e. The number of aryl methyl sites for hydroxylation is 1. The highest BCUT2D eigenvalue weighted by atomic mass is 16.5. The van der Waals surface area contributed by atoms with Gasteiger partial charge in [-0.3, -0.25) is 19.3 Å². The zero-order valence-corrected chi connectivity index (χ0v) is 13.4. The largest absolute Gasteiger partial charge is 0.480 e. The molecule has 3 amide bonds. The highest BCUT2D eigenvalue weighted by Gasteiger charge is 2.37. The lowest BCUT2D eigenvalue weighted by atomic mass is 10.1. The molecule has 2 N–H and O–H groups in total. The monoisotopic (exact) mass is 334 g/mol. The maximum Gasteiger partial charge on any atom is 0.326 e. The molecular weight excluding hydrogens is 316 g/mol. The molecule has 0 aromatic heterocycles. The first kappa shape index (κ1) is 17.6. The number of carbonyl (C=O) groups excluding carboxylic acids is 3. The third-order valence-electron chi connectivity index (χ3n) is 3.67. The Morgan fingerprint density at radius 2 is 1.92 bits per heavy atom. The van der Waals surface area contributed by atoms with Crippen LogP contribution < -0.4 is 5.32 Å². The summed E-state index contributed by atoms with van der Waals surface area (Å²) < 4.78 is 4.79. The number of ether oxygens (including phenoxy) is 1. The predicted molar refractivity (Wildman–Crippen MR) is 82.6 cm³/mol. The molecule has 1 unspecified atom stereocenters. The second-order valence-corrected chi connectivity index (χ2v) is 5.49. The van der Waals surface area contributed by atoms with E-state index in [4.69, 9.17) is 9.84 Å². The number of fused-ring (bicyclic) bond motifs is 1. The Hall–Kier alpha value is -2.74. The summed E-state index contributed by atoms with van der Waals surface area (Å²) in [6, 6.07) is 3.70. The van der Waals surface area contributed by atoms with Gasteiger partial charge in [-0.25, -0.2) is 4.79 Å². The Morgan fingerprint density at radius 3 is 2.54 bits per heavy atom. The molecule has 0 aliphatic carbocycles. The summed E-state index contributed by atoms with van der Waals surface area (Å²) in [7, 11) is 1.42. The average molecular weight is 334 g/mol. The molecule has 1 aliphatic heterocycles. The number of imide groups is 1. The van der Waals surface area contributed by atoms with Crippen LogP contribution in [0.2, 0.25) is 0 Å². The van der Waals surface area contributed by atoms with Crippen molar-refractivity contribution in [3.05, 3.63) is 34.9 Å². The number of hydrogen-bond donors (Lipinski definition) is 2. The lowest BCUT2D eigenvalue weighted by molar-refractivity contribution is -0.142. The molecule has 1 aliphatic rings. The van der Waals surface area contributed by atoms with E-state index in [1.54, 1.807) is 25.1 Å². The number of benzene rings is 1. The minimum absolute atomic E-state index is 0.0822. The van der Waals surface area contributed by atoms with Crippen LogP contribution in [0.1, 0.15) is 32.7 Å². The number of methoxy groups -OCH3 is 1. The Morgan fingerprint density at radius 1 is 1.25 bits per heavy atom. The van der Waals surface area contributed by atoms with Gasteiger partial charge < -0.3 is 15.2 Å². The van der Waals surface area contributed by atoms with Gasteiger partial charge in [0.2, 0.25) is 5.91 Å². The average Bonchev–Trinajstić information content (AvgIpc) is 2.75. The van der Waals surface area contributed by atoms with Crippen molar-refractivity contribution in [2.75, 3.05) is 20.3 Å². The van der Waals surface area contributed by atoms with Crippen LogP contribution in [0.4, 0.5) is 0 Å². The Balaban J connectivity index is 2.06. The maximum atomic E-state index is 12.3. The zero-order chi connectivity index (χ0) is 17.9. The molecule has 0 saturated heterocycles. The highest BCUT2D eigenvalue weighted by Crippen LogP contribution is 2.23. The molecule has 128 valence electrons. The van der Waals surface area contributed by atoms with E-state index in [1.165, 1.54) is 7.11 Å². The van der Waals surface area contributed by atoms with E-state index < -0.39 is 36.3 Å². The Kier molecular flexibility index (Phi) is 5.30. The van der Waals surface area contributed by atoms with E-state index in [9.17, 15) is 19.2 Å². The summed E-state index contributed by atoms with van der Waals surface area (Å²) in [5.74, 6) is -3.05. The van der Waals surface area contributed by atoms with Crippen molar-refractivity contribution in [3.63, 3.8) is 0 Å². The van der Waals surface area contributed by atoms with Crippen LogP contribution in [0.3, 0.4) is 0 Å². The predicted octanol–water partition coefficient (Wildman–Crippen LogP) is 0.197. The fourth-order valence-electron chi connectivity index (χ4n) is 2.42. The molecule has 2 rings (SSSR count). The maximum absolute atomic E-state index is 12.3. The fraction of sp³-hybridized carbons (Fsp3) is 0.375. The van der Waals surface area contributed by atoms with E-state index in [2.05, 4.69) is 5.32 Å². The molecule has 24 heavy (non-hydrogen) atoms. The Bertz CT molecular complexity index is 700. The van der Waals surface area contributed by atoms with Crippen molar-refractivity contribution in [2.24, 2.45) is 0 Å². The number of carbonyl (C=O) groups is 4. The third kappa shape index (κ3) is 3.60. The summed E-state index contributed by atoms with van der Waals surface area (Å²) in [4.78, 5) is 48.5. The highest BCUT2D eigenvalue weighted by molar-refractivity contribution is 6.22. The smallest absolute Gasteiger partial charge is 0.326 e. The molecule has 0 saturated carbocycles. The van der Waals surface area contributed by atoms with Gasteiger partial charge in [0.15, 0.2) is 0 Å². The molecular formula is C16H18N2O6. The van der Waals surface area contributed by atoms with Gasteiger partial charge in [0.25, 0.3) is 11.8 Å². The van der Waals surface area contributed by atoms with Crippen molar-refractivity contribution in [2.45, 2.75) is 19.4 Å². The molecule has 0 spiro atoms. The minimum atomic E-state index is -1.21. The molecule has 1 heterocycles. The zero-order valence-electron chi connectivity index (χ0n) is 13.4. The molecule has 8 nitrogen and oxygen atoms in total. The van der Waals surface area contributed by atoms with Gasteiger partial charge in [0, 0.05) is 20.1 Å². The first-order valence-corrected chi connectivity index (χ1v) is 7.33. The van der Waals surface area contributed by atoms with Crippen molar-refractivity contribution < 1.29 is 29.0 Å². The van der Waals surface area contributed by atoms with Crippen molar-refractivity contribution >= 4 is 23.7 Å². The molecule has 1 aromatic rings. The van der Waals surface area contributed by atoms with Gasteiger partial charge in [0.05, 0.1) is 11.1 Å². The SMILES string of the molecule is COCCC(NC(=O)CN1C(=O)c2ccc(C)cc2C1=O)C(=O)O. The van der Waals surface area contributed by atoms with Crippen LogP contribution in [0.5, 0.6) is 0 Å². The molecule has 0 bridgehead atoms. The summed E-state index contributed by atoms with van der Waals surface area (Å²) in [6.07, 6.45) is 0.0822. The lowest BCUT2D eigenvalue weighted by Gasteiger charge is -2.17. The van der Waals surface area contributed by atoms with Crippen LogP contribution in [0.15, 0.2) is 18.2 Å². The summed E-state index contributed by atoms with van der Waals surface area (Å²) in [6.45, 7) is 1.42. The van der Waals surface area contributed by atoms with Gasteiger partial charge in [-0.15, -0.1) is 0 Å². The van der Waals surface area contributed by atoms with E-state index in [0.717, 1.165) is 10.5 Å². The first-order chi connectivity index (χ1) is 11.3. The molecule has 1 atom stereocenters. The fourth-order valence-corrected chi connectivity index (χ4v) is 2.42. The van der Waals surface area contributed by atoms with Gasteiger partial charge in [-0.2, -0.15) is 0 Å². The molecule has 1 aromatic carbocycles. The van der Waals surface area contributed by atoms with Crippen LogP contribution in [0, 0.1) is 6.92 Å². The Labute approximate surface area is 138 Å². The number of aliphatic carboxylic acids is 1. The summed E-state index contributed by atoms with van der Waals surface area (Å²) in [5, 5.41) is 11.4. The van der Waals surface area contributed by atoms with E-state index in [-0.39, 0.29) is 24.2 Å². The van der Waals surface area contributed by atoms with Gasteiger partial charge >= 0.3 is 5.97 Å². The van der Waals surface area contributed by atoms with Crippen LogP contribution >= 0.6 is 0 Å². The number of hydrogen-bond acceptors (Lipinski definition) is 5. The van der Waals surface area contributed by atoms with E-state index in [0.29, 0.717) is 0 Å². The van der Waals surface area contributed by atoms with E-state index in [1.807, 2.05) is 0 Å². The summed E-state index contributed by atoms with van der Waals surface area (Å²) >= 11 is 0. The van der Waals surface area contributed by atoms with Crippen LogP contribution in [0.25, 0.3) is 0 Å². The molecule has 8 heteroatoms. The van der Waals surface area contributed by atoms with Crippen molar-refractivity contribution in [1.82, 2.24) is 10.2 Å². The lowest BCUT2D eigenvalue weighted by Crippen LogP contribution is -2.47. The number of nitrogens with zero attached hydrogens (tertiary/aromatic N) is 1. The van der Waals surface area contributed by atoms with Crippen molar-refractivity contribution in [3.8, 4) is 0 Å². The van der Waals surface area contributed by atoms with Crippen molar-refractivity contribution in [1.29, 1.82) is 0 Å². The van der Waals surface area contributed by atoms with Gasteiger partial charge in [-0.1, -0.05) is 11.6 Å². The first-order valence-electron chi connectivity index (χ1n) is 7.33. The second kappa shape index (κ2) is 7.22. The normalized spacial score (nSPS) is 14.5. The second-order valence-electron chi connectivity index (χ2n) is 5.49. The van der Waals surface area contributed by atoms with Crippen LogP contribution in [-0.2, 0) is 14.3 Å². The van der Waals surface area contributed by atoms with Gasteiger partial charge in [0.1, 0.15) is 12.6 Å². The third-order valence-corrected chi connectivity index (χ3v) is 3.67. The quantitative estimate of drug-likeness (QED) is 0.689. The number of nitrogens with one attached hydrogen (secondary N) is 1.